The van der Waals surface area contributed by atoms with Crippen molar-refractivity contribution in [2.45, 2.75) is 37.8 Å². The molecule has 2 aromatic carbocycles. The number of halogens is 4. The van der Waals surface area contributed by atoms with Crippen LogP contribution in [0.15, 0.2) is 48.5 Å². The molecule has 0 fully saturated rings. The molecule has 36 heavy (non-hydrogen) atoms. The average Bonchev–Trinajstić information content (AvgIpc) is 2.85. The zero-order valence-electron chi connectivity index (χ0n) is 20.2. The van der Waals surface area contributed by atoms with Crippen molar-refractivity contribution in [3.8, 4) is 5.75 Å². The molecule has 0 saturated heterocycles. The molecule has 2 aromatic rings. The van der Waals surface area contributed by atoms with Gasteiger partial charge in [-0.25, -0.2) is 4.79 Å². The number of Topliss-reactive ketones (excluding diaryl/α,β-unsaturated/α-hetero) is 1. The molecule has 2 rings (SSSR count). The fourth-order valence-electron chi connectivity index (χ4n) is 3.06. The molecule has 198 valence electrons. The van der Waals surface area contributed by atoms with Crippen LogP contribution < -0.4 is 4.74 Å². The first-order valence-electron chi connectivity index (χ1n) is 11.4. The van der Waals surface area contributed by atoms with Gasteiger partial charge in [-0.05, 0) is 68.3 Å². The molecule has 0 unspecified atom stereocenters. The lowest BCUT2D eigenvalue weighted by molar-refractivity contribution is -0.0244. The van der Waals surface area contributed by atoms with E-state index < -0.39 is 17.6 Å². The Hall–Kier alpha value is -1.32. The number of ether oxygens (including phenoxy) is 4. The van der Waals surface area contributed by atoms with E-state index in [0.717, 1.165) is 5.56 Å². The van der Waals surface area contributed by atoms with Gasteiger partial charge in [0.1, 0.15) is 24.6 Å². The number of alkyl halides is 1. The third-order valence-corrected chi connectivity index (χ3v) is 7.96. The number of benzene rings is 2. The molecule has 0 amide bonds. The fourth-order valence-corrected chi connectivity index (χ4v) is 4.98. The quantitative estimate of drug-likeness (QED) is 0.0537. The monoisotopic (exact) mass is 594 g/mol. The minimum atomic E-state index is -2.59. The summed E-state index contributed by atoms with van der Waals surface area (Å²) in [4.78, 5) is 25.0. The smallest absolute Gasteiger partial charge is 0.341 e. The maximum Gasteiger partial charge on any atom is 0.341 e. The topological polar surface area (TPSA) is 71.1 Å². The molecular weight excluding hydrogens is 566 g/mol. The van der Waals surface area contributed by atoms with Crippen molar-refractivity contribution < 1.29 is 28.5 Å². The predicted molar refractivity (Wildman–Crippen MR) is 146 cm³/mol. The zero-order chi connectivity index (χ0) is 26.6. The van der Waals surface area contributed by atoms with Crippen LogP contribution >= 0.6 is 44.8 Å². The highest BCUT2D eigenvalue weighted by atomic mass is 35.8. The molecule has 0 aliphatic carbocycles. The van der Waals surface area contributed by atoms with Gasteiger partial charge in [0, 0.05) is 18.1 Å². The highest BCUT2D eigenvalue weighted by Gasteiger charge is 2.29. The van der Waals surface area contributed by atoms with Gasteiger partial charge in [0.2, 0.25) is 0 Å². The maximum atomic E-state index is 12.9. The third-order valence-electron chi connectivity index (χ3n) is 5.03. The summed E-state index contributed by atoms with van der Waals surface area (Å²) in [6.45, 7) is 4.73. The van der Waals surface area contributed by atoms with Crippen molar-refractivity contribution in [1.82, 2.24) is 0 Å². The Labute approximate surface area is 232 Å². The van der Waals surface area contributed by atoms with E-state index in [9.17, 15) is 9.59 Å². The molecule has 6 nitrogen and oxygen atoms in total. The number of carbonyl (C=O) groups is 2. The van der Waals surface area contributed by atoms with E-state index in [1.54, 1.807) is 62.4 Å². The first-order valence-corrected chi connectivity index (χ1v) is 17.2. The van der Waals surface area contributed by atoms with Crippen molar-refractivity contribution in [2.75, 3.05) is 33.0 Å². The van der Waals surface area contributed by atoms with E-state index in [2.05, 4.69) is 0 Å². The number of hydrogen-bond donors (Lipinski definition) is 0. The summed E-state index contributed by atoms with van der Waals surface area (Å²) >= 11 is 23.2. The largest absolute Gasteiger partial charge is 0.491 e. The predicted octanol–water partition coefficient (Wildman–Crippen LogP) is 6.70. The summed E-state index contributed by atoms with van der Waals surface area (Å²) in [7, 11) is 0. The van der Waals surface area contributed by atoms with E-state index in [-0.39, 0.29) is 19.0 Å². The lowest BCUT2D eigenvalue weighted by Gasteiger charge is -2.24. The van der Waals surface area contributed by atoms with E-state index in [1.807, 2.05) is 0 Å². The summed E-state index contributed by atoms with van der Waals surface area (Å²) in [5.41, 5.74) is 0.724. The van der Waals surface area contributed by atoms with E-state index >= 15 is 0 Å². The molecule has 0 aromatic heterocycles. The number of ketones is 1. The molecule has 0 radical (unpaired) electrons. The van der Waals surface area contributed by atoms with Crippen LogP contribution in [0.1, 0.15) is 46.5 Å². The molecular formula is C25H30Cl4O6Si. The molecule has 0 bridgehead atoms. The van der Waals surface area contributed by atoms with Crippen LogP contribution in [0.4, 0.5) is 0 Å². The van der Waals surface area contributed by atoms with Crippen molar-refractivity contribution in [3.05, 3.63) is 65.2 Å². The van der Waals surface area contributed by atoms with Gasteiger partial charge in [0.05, 0.1) is 18.8 Å². The van der Waals surface area contributed by atoms with Crippen molar-refractivity contribution in [3.63, 3.8) is 0 Å². The minimum Gasteiger partial charge on any atom is -0.491 e. The fraction of sp³-hybridized carbons (Fsp3) is 0.440. The second kappa shape index (κ2) is 15.2. The first-order chi connectivity index (χ1) is 17.0. The molecule has 0 N–H and O–H groups in total. The summed E-state index contributed by atoms with van der Waals surface area (Å²) < 4.78 is 22.0. The molecule has 0 aliphatic heterocycles. The summed E-state index contributed by atoms with van der Waals surface area (Å²) in [6.07, 6.45) is 0.697. The summed E-state index contributed by atoms with van der Waals surface area (Å²) in [5, 5.41) is 0. The molecule has 0 aliphatic rings. The zero-order valence-corrected chi connectivity index (χ0v) is 24.3. The molecule has 11 heteroatoms. The van der Waals surface area contributed by atoms with Gasteiger partial charge in [-0.1, -0.05) is 12.1 Å². The number of hydrogen-bond acceptors (Lipinski definition) is 6. The van der Waals surface area contributed by atoms with Gasteiger partial charge < -0.3 is 18.9 Å². The van der Waals surface area contributed by atoms with Crippen LogP contribution in [-0.2, 0) is 20.1 Å². The minimum absolute atomic E-state index is 0.0219. The second-order valence-corrected chi connectivity index (χ2v) is 17.9. The number of rotatable bonds is 16. The Morgan fingerprint density at radius 2 is 1.47 bits per heavy atom. The third kappa shape index (κ3) is 11.4. The standard InChI is InChI=1S/C25H30Cl4O6Si/c1-25(2,35-16-15-34-24(31)21-6-4-19(18-26)5-7-21)23(30)20-8-10-22(11-9-20)33-14-13-32-12-3-17-36(27,28)29/h4-11H,3,12-18H2,1-2H3. The van der Waals surface area contributed by atoms with Crippen LogP contribution in [0.3, 0.4) is 0 Å². The van der Waals surface area contributed by atoms with Crippen molar-refractivity contribution >= 4 is 62.6 Å². The van der Waals surface area contributed by atoms with Gasteiger partial charge in [-0.2, -0.15) is 0 Å². The lowest BCUT2D eigenvalue weighted by atomic mass is 9.96. The Morgan fingerprint density at radius 3 is 2.08 bits per heavy atom. The maximum absolute atomic E-state index is 12.9. The summed E-state index contributed by atoms with van der Waals surface area (Å²) in [6, 6.07) is 11.6. The molecule has 0 heterocycles. The van der Waals surface area contributed by atoms with Crippen molar-refractivity contribution in [1.29, 1.82) is 0 Å². The van der Waals surface area contributed by atoms with Crippen LogP contribution in [-0.4, -0.2) is 56.4 Å². The SMILES string of the molecule is CC(C)(OCCOC(=O)c1ccc(CCl)cc1)C(=O)c1ccc(OCCOCCC[Si](Cl)(Cl)Cl)cc1. The lowest BCUT2D eigenvalue weighted by Crippen LogP contribution is -2.36. The van der Waals surface area contributed by atoms with Gasteiger partial charge >= 0.3 is 12.0 Å². The van der Waals surface area contributed by atoms with Gasteiger partial charge in [-0.15, -0.1) is 44.8 Å². The van der Waals surface area contributed by atoms with Crippen LogP contribution in [0.25, 0.3) is 0 Å². The Morgan fingerprint density at radius 1 is 0.833 bits per heavy atom. The molecule has 0 saturated carbocycles. The van der Waals surface area contributed by atoms with E-state index in [1.165, 1.54) is 0 Å². The van der Waals surface area contributed by atoms with Crippen LogP contribution in [0.2, 0.25) is 6.04 Å². The van der Waals surface area contributed by atoms with Gasteiger partial charge in [0.15, 0.2) is 5.78 Å². The molecule has 0 atom stereocenters. The Bertz CT molecular complexity index is 962. The second-order valence-electron chi connectivity index (χ2n) is 8.36. The highest BCUT2D eigenvalue weighted by molar-refractivity contribution is 7.64. The van der Waals surface area contributed by atoms with Gasteiger partial charge in [-0.3, -0.25) is 4.79 Å². The normalized spacial score (nSPS) is 11.8. The van der Waals surface area contributed by atoms with E-state index in [4.69, 9.17) is 63.8 Å². The Balaban J connectivity index is 1.70. The highest BCUT2D eigenvalue weighted by Crippen LogP contribution is 2.26. The summed E-state index contributed by atoms with van der Waals surface area (Å²) in [5.74, 6) is 0.334. The van der Waals surface area contributed by atoms with Gasteiger partial charge in [0.25, 0.3) is 0 Å². The van der Waals surface area contributed by atoms with Crippen LogP contribution in [0, 0.1) is 0 Å². The number of carbonyl (C=O) groups excluding carboxylic acids is 2. The van der Waals surface area contributed by atoms with E-state index in [0.29, 0.717) is 55.0 Å². The van der Waals surface area contributed by atoms with Crippen LogP contribution in [0.5, 0.6) is 5.75 Å². The Kier molecular flexibility index (Phi) is 13.0. The molecule has 0 spiro atoms. The number of esters is 1. The van der Waals surface area contributed by atoms with Crippen molar-refractivity contribution in [2.24, 2.45) is 0 Å². The first kappa shape index (κ1) is 30.9. The average molecular weight is 596 g/mol.